The summed E-state index contributed by atoms with van der Waals surface area (Å²) in [6.07, 6.45) is 11.1. The molecule has 0 saturated heterocycles. The molecule has 10 atom stereocenters. The molecule has 3 saturated carbocycles. The molecule has 1 heteroatoms. The van der Waals surface area contributed by atoms with Gasteiger partial charge in [0, 0.05) is 5.41 Å². The molecule has 0 aliphatic heterocycles. The molecule has 1 nitrogen and oxygen atoms in total. The number of ketones is 1. The Morgan fingerprint density at radius 1 is 0.944 bits per heavy atom. The van der Waals surface area contributed by atoms with Gasteiger partial charge in [-0.3, -0.25) is 4.79 Å². The lowest BCUT2D eigenvalue weighted by atomic mass is 9.36. The van der Waals surface area contributed by atoms with Crippen molar-refractivity contribution < 1.29 is 4.79 Å². The van der Waals surface area contributed by atoms with Gasteiger partial charge in [-0.2, -0.15) is 0 Å². The van der Waals surface area contributed by atoms with Crippen LogP contribution in [0.4, 0.5) is 0 Å². The average Bonchev–Trinajstić information content (AvgIpc) is 3.05. The number of carbonyl (C=O) groups excluding carboxylic acids is 1. The van der Waals surface area contributed by atoms with E-state index in [2.05, 4.69) is 96.1 Å². The maximum Gasteiger partial charge on any atom is 0.162 e. The lowest BCUT2D eigenvalue weighted by Gasteiger charge is -2.67. The molecular weight excluding hydrogens is 436 g/mol. The summed E-state index contributed by atoms with van der Waals surface area (Å²) in [7, 11) is 0. The number of hydrogen-bond donors (Lipinski definition) is 0. The fourth-order valence-corrected chi connectivity index (χ4v) is 10.7. The topological polar surface area (TPSA) is 17.1 Å². The van der Waals surface area contributed by atoms with Gasteiger partial charge in [-0.25, -0.2) is 0 Å². The van der Waals surface area contributed by atoms with Crippen molar-refractivity contribution in [2.45, 2.75) is 135 Å². The van der Waals surface area contributed by atoms with Crippen molar-refractivity contribution in [3.8, 4) is 0 Å². The predicted molar refractivity (Wildman–Crippen MR) is 155 cm³/mol. The summed E-state index contributed by atoms with van der Waals surface area (Å²) in [5.74, 6) is 4.30. The average molecular weight is 497 g/mol. The van der Waals surface area contributed by atoms with Crippen LogP contribution in [0, 0.1) is 68.0 Å². The first-order chi connectivity index (χ1) is 16.3. The first-order valence-electron chi connectivity index (χ1n) is 15.5. The Bertz CT molecular complexity index is 917. The molecule has 0 bridgehead atoms. The van der Waals surface area contributed by atoms with E-state index in [1.165, 1.54) is 38.5 Å². The van der Waals surface area contributed by atoms with Crippen LogP contribution in [-0.2, 0) is 4.79 Å². The van der Waals surface area contributed by atoms with E-state index in [0.717, 1.165) is 6.42 Å². The third-order valence-corrected chi connectivity index (χ3v) is 14.5. The SMILES string of the molecule is C[C@@H]1[C@@H](C)[C@]2(C)C3CC[C@]4(C)[C@@H](C(C)(C)[C@H](C)CCC(C)(C)C)CC[C@@]4(C)C3=CC(=O)[C@]2(C)C[C@@H]1C. The third kappa shape index (κ3) is 3.62. The van der Waals surface area contributed by atoms with Gasteiger partial charge < -0.3 is 0 Å². The summed E-state index contributed by atoms with van der Waals surface area (Å²) in [5.41, 5.74) is 2.55. The molecule has 0 spiro atoms. The van der Waals surface area contributed by atoms with Gasteiger partial charge in [0.25, 0.3) is 0 Å². The van der Waals surface area contributed by atoms with E-state index < -0.39 is 0 Å². The number of allylic oxidation sites excluding steroid dienone is 2. The quantitative estimate of drug-likeness (QED) is 0.378. The molecule has 0 aromatic carbocycles. The molecule has 0 aromatic rings. The number of carbonyl (C=O) groups is 1. The minimum atomic E-state index is -0.213. The van der Waals surface area contributed by atoms with Crippen molar-refractivity contribution in [2.24, 2.45) is 68.0 Å². The zero-order chi connectivity index (χ0) is 27.3. The lowest BCUT2D eigenvalue weighted by Crippen LogP contribution is -2.63. The molecule has 0 amide bonds. The Balaban J connectivity index is 1.73. The van der Waals surface area contributed by atoms with Crippen LogP contribution >= 0.6 is 0 Å². The van der Waals surface area contributed by atoms with Crippen LogP contribution in [0.5, 0.6) is 0 Å². The molecule has 1 unspecified atom stereocenters. The van der Waals surface area contributed by atoms with Crippen LogP contribution in [0.3, 0.4) is 0 Å². The molecule has 36 heavy (non-hydrogen) atoms. The second kappa shape index (κ2) is 8.45. The summed E-state index contributed by atoms with van der Waals surface area (Å²) >= 11 is 0. The second-order valence-corrected chi connectivity index (χ2v) is 17.2. The first-order valence-corrected chi connectivity index (χ1v) is 15.5. The molecule has 4 aliphatic rings. The summed E-state index contributed by atoms with van der Waals surface area (Å²) in [5, 5.41) is 0. The van der Waals surface area contributed by atoms with Crippen LogP contribution in [0.15, 0.2) is 11.6 Å². The fraction of sp³-hybridized carbons (Fsp3) is 0.914. The molecule has 4 aliphatic carbocycles. The number of fused-ring (bicyclic) bond motifs is 5. The highest BCUT2D eigenvalue weighted by molar-refractivity contribution is 5.97. The van der Waals surface area contributed by atoms with Gasteiger partial charge in [0.1, 0.15) is 0 Å². The van der Waals surface area contributed by atoms with Crippen molar-refractivity contribution in [2.75, 3.05) is 0 Å². The van der Waals surface area contributed by atoms with E-state index in [-0.39, 0.29) is 21.7 Å². The van der Waals surface area contributed by atoms with E-state index >= 15 is 0 Å². The molecule has 0 radical (unpaired) electrons. The lowest BCUT2D eigenvalue weighted by molar-refractivity contribution is -0.166. The molecule has 0 N–H and O–H groups in total. The van der Waals surface area contributed by atoms with Gasteiger partial charge in [-0.05, 0) is 114 Å². The summed E-state index contributed by atoms with van der Waals surface area (Å²) in [4.78, 5) is 14.1. The maximum atomic E-state index is 14.1. The van der Waals surface area contributed by atoms with Crippen LogP contribution in [0.25, 0.3) is 0 Å². The monoisotopic (exact) mass is 496 g/mol. The summed E-state index contributed by atoms with van der Waals surface area (Å²) < 4.78 is 0. The van der Waals surface area contributed by atoms with Crippen molar-refractivity contribution in [1.82, 2.24) is 0 Å². The highest BCUT2D eigenvalue weighted by Crippen LogP contribution is 2.76. The Morgan fingerprint density at radius 3 is 2.14 bits per heavy atom. The van der Waals surface area contributed by atoms with Crippen molar-refractivity contribution in [3.05, 3.63) is 11.6 Å². The van der Waals surface area contributed by atoms with Crippen LogP contribution in [0.1, 0.15) is 135 Å². The number of hydrogen-bond acceptors (Lipinski definition) is 1. The maximum absolute atomic E-state index is 14.1. The standard InChI is InChI=1S/C35H60O/c1-22-21-34(12)29(36)20-27-26(35(34,13)25(4)24(22)3)15-18-33(11)28(16-19-32(27,33)10)31(8,9)23(2)14-17-30(5,6)7/h20,22-26,28H,14-19,21H2,1-13H3/t22-,23+,24-,25+,26?,28+,32-,33+,34-,35+/m0/s1. The molecule has 206 valence electrons. The van der Waals surface area contributed by atoms with Gasteiger partial charge in [0.05, 0.1) is 0 Å². The minimum absolute atomic E-state index is 0.0675. The second-order valence-electron chi connectivity index (χ2n) is 17.2. The smallest absolute Gasteiger partial charge is 0.162 e. The summed E-state index contributed by atoms with van der Waals surface area (Å²) in [6, 6.07) is 0. The summed E-state index contributed by atoms with van der Waals surface area (Å²) in [6.45, 7) is 32.3. The van der Waals surface area contributed by atoms with E-state index in [9.17, 15) is 4.79 Å². The Kier molecular flexibility index (Phi) is 6.67. The molecule has 4 rings (SSSR count). The normalized spacial score (nSPS) is 48.1. The Hall–Kier alpha value is -0.590. The van der Waals surface area contributed by atoms with Crippen LogP contribution in [0.2, 0.25) is 0 Å². The van der Waals surface area contributed by atoms with Gasteiger partial charge >= 0.3 is 0 Å². The van der Waals surface area contributed by atoms with Gasteiger partial charge in [0.15, 0.2) is 5.78 Å². The first kappa shape index (κ1) is 28.4. The van der Waals surface area contributed by atoms with E-state index in [1.54, 1.807) is 5.57 Å². The fourth-order valence-electron chi connectivity index (χ4n) is 10.7. The van der Waals surface area contributed by atoms with Gasteiger partial charge in [-0.15, -0.1) is 0 Å². The molecule has 0 aromatic heterocycles. The minimum Gasteiger partial charge on any atom is -0.294 e. The van der Waals surface area contributed by atoms with E-state index in [4.69, 9.17) is 0 Å². The number of rotatable bonds is 4. The molecule has 3 fully saturated rings. The Morgan fingerprint density at radius 2 is 1.56 bits per heavy atom. The predicted octanol–water partition coefficient (Wildman–Crippen LogP) is 10.1. The van der Waals surface area contributed by atoms with Crippen LogP contribution in [-0.4, -0.2) is 5.78 Å². The van der Waals surface area contributed by atoms with Gasteiger partial charge in [0.2, 0.25) is 0 Å². The Labute approximate surface area is 225 Å². The zero-order valence-corrected chi connectivity index (χ0v) is 26.4. The molecule has 0 heterocycles. The van der Waals surface area contributed by atoms with Gasteiger partial charge in [-0.1, -0.05) is 95.6 Å². The van der Waals surface area contributed by atoms with Crippen molar-refractivity contribution in [1.29, 1.82) is 0 Å². The third-order valence-electron chi connectivity index (χ3n) is 14.5. The highest BCUT2D eigenvalue weighted by atomic mass is 16.1. The van der Waals surface area contributed by atoms with Crippen molar-refractivity contribution in [3.63, 3.8) is 0 Å². The van der Waals surface area contributed by atoms with E-state index in [0.29, 0.717) is 52.1 Å². The largest absolute Gasteiger partial charge is 0.294 e. The van der Waals surface area contributed by atoms with Crippen LogP contribution < -0.4 is 0 Å². The van der Waals surface area contributed by atoms with Crippen molar-refractivity contribution >= 4 is 5.78 Å². The highest BCUT2D eigenvalue weighted by Gasteiger charge is 2.70. The van der Waals surface area contributed by atoms with E-state index in [1.807, 2.05) is 0 Å². The zero-order valence-electron chi connectivity index (χ0n) is 26.4. The molecular formula is C35H60O.